The number of nitrogens with zero attached hydrogens (tertiary/aromatic N) is 2. The van der Waals surface area contributed by atoms with Crippen molar-refractivity contribution in [1.29, 1.82) is 0 Å². The summed E-state index contributed by atoms with van der Waals surface area (Å²) in [5, 5.41) is 4.12. The number of hydrogen-bond donors (Lipinski definition) is 2. The minimum absolute atomic E-state index is 0.325. The number of rotatable bonds is 2. The second-order valence-electron chi connectivity index (χ2n) is 3.50. The van der Waals surface area contributed by atoms with E-state index in [0.29, 0.717) is 18.1 Å². The van der Waals surface area contributed by atoms with Crippen molar-refractivity contribution in [2.75, 3.05) is 17.7 Å². The second kappa shape index (κ2) is 4.10. The van der Waals surface area contributed by atoms with Gasteiger partial charge in [-0.1, -0.05) is 0 Å². The average molecular weight is 214 g/mol. The maximum atomic E-state index is 5.45. The first-order valence-corrected chi connectivity index (χ1v) is 5.48. The summed E-state index contributed by atoms with van der Waals surface area (Å²) >= 11 is 1.31. The average Bonchev–Trinajstić information content (AvgIpc) is 2.51. The predicted molar refractivity (Wildman–Crippen MR) is 56.4 cm³/mol. The van der Waals surface area contributed by atoms with Crippen LogP contribution in [0.2, 0.25) is 0 Å². The van der Waals surface area contributed by atoms with Crippen LogP contribution < -0.4 is 11.1 Å². The topological polar surface area (TPSA) is 73.1 Å². The molecule has 0 radical (unpaired) electrons. The van der Waals surface area contributed by atoms with Crippen LogP contribution in [0.3, 0.4) is 0 Å². The van der Waals surface area contributed by atoms with Crippen molar-refractivity contribution in [3.8, 4) is 0 Å². The van der Waals surface area contributed by atoms with E-state index in [9.17, 15) is 0 Å². The molecule has 78 valence electrons. The highest BCUT2D eigenvalue weighted by atomic mass is 32.1. The van der Waals surface area contributed by atoms with Crippen molar-refractivity contribution >= 4 is 22.6 Å². The van der Waals surface area contributed by atoms with Crippen molar-refractivity contribution in [2.45, 2.75) is 31.9 Å². The Morgan fingerprint density at radius 2 is 2.50 bits per heavy atom. The Labute approximate surface area is 86.8 Å². The molecule has 2 heterocycles. The summed E-state index contributed by atoms with van der Waals surface area (Å²) in [4.78, 5) is 4.06. The fraction of sp³-hybridized carbons (Fsp3) is 0.750. The summed E-state index contributed by atoms with van der Waals surface area (Å²) in [6.45, 7) is 2.90. The van der Waals surface area contributed by atoms with Crippen LogP contribution in [-0.2, 0) is 4.74 Å². The summed E-state index contributed by atoms with van der Waals surface area (Å²) in [6, 6.07) is 0.436. The van der Waals surface area contributed by atoms with Crippen LogP contribution in [0, 0.1) is 0 Å². The van der Waals surface area contributed by atoms with Gasteiger partial charge in [0.25, 0.3) is 0 Å². The molecule has 14 heavy (non-hydrogen) atoms. The van der Waals surface area contributed by atoms with Gasteiger partial charge in [0.15, 0.2) is 0 Å². The monoisotopic (exact) mass is 214 g/mol. The van der Waals surface area contributed by atoms with Gasteiger partial charge in [-0.3, -0.25) is 0 Å². The number of aromatic nitrogens is 2. The summed E-state index contributed by atoms with van der Waals surface area (Å²) < 4.78 is 9.37. The highest BCUT2D eigenvalue weighted by Gasteiger charge is 2.19. The van der Waals surface area contributed by atoms with E-state index < -0.39 is 0 Å². The Balaban J connectivity index is 1.90. The van der Waals surface area contributed by atoms with Gasteiger partial charge >= 0.3 is 0 Å². The number of nitrogen functional groups attached to an aromatic ring is 1. The molecular weight excluding hydrogens is 200 g/mol. The molecule has 2 atom stereocenters. The van der Waals surface area contributed by atoms with Gasteiger partial charge < -0.3 is 15.8 Å². The number of nitrogens with two attached hydrogens (primary N) is 1. The van der Waals surface area contributed by atoms with Crippen molar-refractivity contribution in [3.63, 3.8) is 0 Å². The van der Waals surface area contributed by atoms with E-state index >= 15 is 0 Å². The van der Waals surface area contributed by atoms with Crippen LogP contribution in [0.4, 0.5) is 11.1 Å². The van der Waals surface area contributed by atoms with Gasteiger partial charge in [0, 0.05) is 24.2 Å². The number of anilines is 2. The van der Waals surface area contributed by atoms with Gasteiger partial charge in [-0.2, -0.15) is 9.36 Å². The quantitative estimate of drug-likeness (QED) is 0.771. The normalized spacial score (nSPS) is 27.5. The van der Waals surface area contributed by atoms with E-state index in [4.69, 9.17) is 10.5 Å². The third kappa shape index (κ3) is 2.33. The molecule has 1 aliphatic rings. The smallest absolute Gasteiger partial charge is 0.233 e. The summed E-state index contributed by atoms with van der Waals surface area (Å²) in [5.74, 6) is 0.345. The van der Waals surface area contributed by atoms with Crippen molar-refractivity contribution in [3.05, 3.63) is 0 Å². The van der Waals surface area contributed by atoms with Gasteiger partial charge in [-0.15, -0.1) is 0 Å². The molecule has 1 fully saturated rings. The van der Waals surface area contributed by atoms with Crippen LogP contribution >= 0.6 is 11.5 Å². The van der Waals surface area contributed by atoms with E-state index in [1.807, 2.05) is 0 Å². The van der Waals surface area contributed by atoms with E-state index in [0.717, 1.165) is 24.6 Å². The Hall–Kier alpha value is -0.880. The molecule has 0 aromatic carbocycles. The maximum Gasteiger partial charge on any atom is 0.233 e. The minimum Gasteiger partial charge on any atom is -0.378 e. The Bertz CT molecular complexity index is 303. The lowest BCUT2D eigenvalue weighted by Gasteiger charge is -2.27. The zero-order chi connectivity index (χ0) is 9.97. The van der Waals surface area contributed by atoms with E-state index in [2.05, 4.69) is 21.6 Å². The molecule has 6 heteroatoms. The van der Waals surface area contributed by atoms with Gasteiger partial charge in [0.1, 0.15) is 0 Å². The van der Waals surface area contributed by atoms with Crippen molar-refractivity contribution in [2.24, 2.45) is 0 Å². The van der Waals surface area contributed by atoms with Crippen LogP contribution in [0.25, 0.3) is 0 Å². The van der Waals surface area contributed by atoms with Crippen molar-refractivity contribution in [1.82, 2.24) is 9.36 Å². The molecule has 0 amide bonds. The molecule has 5 nitrogen and oxygen atoms in total. The van der Waals surface area contributed by atoms with Crippen molar-refractivity contribution < 1.29 is 4.74 Å². The first kappa shape index (κ1) is 9.67. The first-order chi connectivity index (χ1) is 6.74. The van der Waals surface area contributed by atoms with Crippen LogP contribution in [0.1, 0.15) is 19.8 Å². The highest BCUT2D eigenvalue weighted by Crippen LogP contribution is 2.20. The number of hydrogen-bond acceptors (Lipinski definition) is 6. The lowest BCUT2D eigenvalue weighted by atomic mass is 10.1. The Morgan fingerprint density at radius 3 is 3.14 bits per heavy atom. The minimum atomic E-state index is 0.325. The van der Waals surface area contributed by atoms with Gasteiger partial charge in [-0.05, 0) is 19.8 Å². The fourth-order valence-corrected chi connectivity index (χ4v) is 2.17. The molecule has 0 aliphatic carbocycles. The Morgan fingerprint density at radius 1 is 1.64 bits per heavy atom. The third-order valence-corrected chi connectivity index (χ3v) is 2.91. The number of ether oxygens (including phenoxy) is 1. The predicted octanol–water partition coefficient (Wildman–Crippen LogP) is 1.10. The molecular formula is C8H14N4OS. The number of nitrogens with one attached hydrogen (secondary N) is 1. The van der Waals surface area contributed by atoms with Gasteiger partial charge in [0.05, 0.1) is 6.10 Å². The van der Waals surface area contributed by atoms with Crippen LogP contribution in [0.15, 0.2) is 0 Å². The summed E-state index contributed by atoms with van der Waals surface area (Å²) in [5.41, 5.74) is 5.43. The lowest BCUT2D eigenvalue weighted by Crippen LogP contribution is -2.32. The molecule has 3 N–H and O–H groups in total. The van der Waals surface area contributed by atoms with E-state index in [1.54, 1.807) is 0 Å². The Kier molecular flexibility index (Phi) is 2.83. The first-order valence-electron chi connectivity index (χ1n) is 4.71. The largest absolute Gasteiger partial charge is 0.378 e. The SMILES string of the molecule is CC1CC(Nc2nc(N)ns2)CCO1. The second-order valence-corrected chi connectivity index (χ2v) is 4.26. The van der Waals surface area contributed by atoms with E-state index in [1.165, 1.54) is 11.5 Å². The highest BCUT2D eigenvalue weighted by molar-refractivity contribution is 7.09. The molecule has 1 aromatic rings. The molecule has 0 spiro atoms. The summed E-state index contributed by atoms with van der Waals surface area (Å²) in [7, 11) is 0. The third-order valence-electron chi connectivity index (χ3n) is 2.25. The van der Waals surface area contributed by atoms with Gasteiger partial charge in [0.2, 0.25) is 11.1 Å². The maximum absolute atomic E-state index is 5.45. The lowest BCUT2D eigenvalue weighted by molar-refractivity contribution is 0.0232. The summed E-state index contributed by atoms with van der Waals surface area (Å²) in [6.07, 6.45) is 2.36. The molecule has 2 rings (SSSR count). The molecule has 1 aromatic heterocycles. The van der Waals surface area contributed by atoms with Gasteiger partial charge in [-0.25, -0.2) is 0 Å². The van der Waals surface area contributed by atoms with E-state index in [-0.39, 0.29) is 0 Å². The molecule has 1 saturated heterocycles. The molecule has 0 saturated carbocycles. The van der Waals surface area contributed by atoms with Crippen LogP contribution in [0.5, 0.6) is 0 Å². The fourth-order valence-electron chi connectivity index (χ4n) is 1.60. The zero-order valence-electron chi connectivity index (χ0n) is 8.06. The van der Waals surface area contributed by atoms with Crippen LogP contribution in [-0.4, -0.2) is 28.1 Å². The molecule has 0 bridgehead atoms. The standard InChI is InChI=1S/C8H14N4OS/c1-5-4-6(2-3-13-5)10-8-11-7(9)12-14-8/h5-6H,2-4H2,1H3,(H3,9,10,11,12). The zero-order valence-corrected chi connectivity index (χ0v) is 8.88. The molecule has 1 aliphatic heterocycles. The molecule has 2 unspecified atom stereocenters.